The number of pyridine rings is 1. The number of carbonyl (C=O) groups is 1. The van der Waals surface area contributed by atoms with Gasteiger partial charge in [0.15, 0.2) is 0 Å². The van der Waals surface area contributed by atoms with Gasteiger partial charge in [-0.25, -0.2) is 4.98 Å². The normalized spacial score (nSPS) is 8.33. The molecule has 0 aliphatic carbocycles. The van der Waals surface area contributed by atoms with Crippen molar-refractivity contribution in [2.24, 2.45) is 5.73 Å². The van der Waals surface area contributed by atoms with E-state index in [1.165, 1.54) is 6.20 Å². The lowest BCUT2D eigenvalue weighted by molar-refractivity contribution is -0.112. The zero-order chi connectivity index (χ0) is 8.97. The number of nitrogens with two attached hydrogens (primary N) is 2. The molecule has 12 heavy (non-hydrogen) atoms. The molecule has 1 amide bonds. The van der Waals surface area contributed by atoms with Gasteiger partial charge in [-0.3, -0.25) is 4.79 Å². The molecule has 0 aromatic carbocycles. The first-order valence-corrected chi connectivity index (χ1v) is 3.21. The van der Waals surface area contributed by atoms with E-state index in [2.05, 4.69) is 16.8 Å². The Bertz CT molecular complexity index is 345. The Hall–Kier alpha value is -2.02. The van der Waals surface area contributed by atoms with Gasteiger partial charge in [-0.15, -0.1) is 0 Å². The van der Waals surface area contributed by atoms with Crippen LogP contribution in [0.5, 0.6) is 0 Å². The van der Waals surface area contributed by atoms with Crippen LogP contribution in [0.2, 0.25) is 0 Å². The van der Waals surface area contributed by atoms with E-state index in [1.807, 2.05) is 0 Å². The first-order valence-electron chi connectivity index (χ1n) is 3.21. The smallest absolute Gasteiger partial charge is 0.293 e. The summed E-state index contributed by atoms with van der Waals surface area (Å²) in [6.45, 7) is 0. The van der Waals surface area contributed by atoms with Gasteiger partial charge in [-0.1, -0.05) is 5.92 Å². The molecule has 1 aromatic heterocycles. The maximum absolute atomic E-state index is 10.2. The van der Waals surface area contributed by atoms with E-state index in [0.717, 1.165) is 0 Å². The van der Waals surface area contributed by atoms with Crippen molar-refractivity contribution in [2.45, 2.75) is 0 Å². The Labute approximate surface area is 69.6 Å². The van der Waals surface area contributed by atoms with E-state index in [-0.39, 0.29) is 0 Å². The van der Waals surface area contributed by atoms with Crippen LogP contribution in [0.25, 0.3) is 0 Å². The summed E-state index contributed by atoms with van der Waals surface area (Å²) in [7, 11) is 0. The number of nitrogen functional groups attached to an aromatic ring is 1. The molecule has 0 aliphatic rings. The molecule has 1 rings (SSSR count). The van der Waals surface area contributed by atoms with E-state index in [1.54, 1.807) is 12.1 Å². The maximum Gasteiger partial charge on any atom is 0.293 e. The van der Waals surface area contributed by atoms with Gasteiger partial charge < -0.3 is 11.5 Å². The zero-order valence-corrected chi connectivity index (χ0v) is 6.24. The summed E-state index contributed by atoms with van der Waals surface area (Å²) in [4.78, 5) is 14.0. The molecule has 4 nitrogen and oxygen atoms in total. The molecule has 0 saturated heterocycles. The molecule has 0 spiro atoms. The average Bonchev–Trinajstić information content (AvgIpc) is 2.03. The van der Waals surface area contributed by atoms with E-state index < -0.39 is 5.91 Å². The molecular formula is C8H7N3O. The largest absolute Gasteiger partial charge is 0.384 e. The summed E-state index contributed by atoms with van der Waals surface area (Å²) in [5.74, 6) is 4.47. The third kappa shape index (κ3) is 2.31. The second-order valence-corrected chi connectivity index (χ2v) is 2.09. The van der Waals surface area contributed by atoms with Crippen molar-refractivity contribution in [3.05, 3.63) is 23.9 Å². The highest BCUT2D eigenvalue weighted by molar-refractivity contribution is 5.92. The van der Waals surface area contributed by atoms with Gasteiger partial charge in [0.1, 0.15) is 5.82 Å². The lowest BCUT2D eigenvalue weighted by Gasteiger charge is -1.89. The van der Waals surface area contributed by atoms with Gasteiger partial charge in [0.25, 0.3) is 5.91 Å². The summed E-state index contributed by atoms with van der Waals surface area (Å²) >= 11 is 0. The summed E-state index contributed by atoms with van der Waals surface area (Å²) < 4.78 is 0. The first kappa shape index (κ1) is 8.08. The van der Waals surface area contributed by atoms with Crippen LogP contribution in [0.1, 0.15) is 5.56 Å². The lowest BCUT2D eigenvalue weighted by atomic mass is 10.3. The van der Waals surface area contributed by atoms with Crippen LogP contribution in [0.15, 0.2) is 18.3 Å². The molecule has 4 heteroatoms. The molecule has 0 radical (unpaired) electrons. The quantitative estimate of drug-likeness (QED) is 0.503. The summed E-state index contributed by atoms with van der Waals surface area (Å²) in [6, 6.07) is 3.27. The molecule has 0 bridgehead atoms. The standard InChI is InChI=1S/C8H7N3O/c9-7-3-1-6(5-11-7)2-4-8(10)12/h1,3,5H,(H2,9,11)(H2,10,12). The third-order valence-electron chi connectivity index (χ3n) is 1.12. The van der Waals surface area contributed by atoms with Crippen molar-refractivity contribution in [3.63, 3.8) is 0 Å². The van der Waals surface area contributed by atoms with Crippen LogP contribution in [0.4, 0.5) is 5.82 Å². The van der Waals surface area contributed by atoms with Gasteiger partial charge in [-0.2, -0.15) is 0 Å². The maximum atomic E-state index is 10.2. The van der Waals surface area contributed by atoms with Crippen LogP contribution < -0.4 is 11.5 Å². The average molecular weight is 161 g/mol. The monoisotopic (exact) mass is 161 g/mol. The summed E-state index contributed by atoms with van der Waals surface area (Å²) in [5.41, 5.74) is 10.8. The number of hydrogen-bond acceptors (Lipinski definition) is 3. The molecule has 4 N–H and O–H groups in total. The van der Waals surface area contributed by atoms with Crippen LogP contribution in [0.3, 0.4) is 0 Å². The highest BCUT2D eigenvalue weighted by Crippen LogP contribution is 1.98. The first-order chi connectivity index (χ1) is 5.68. The Morgan fingerprint density at radius 1 is 1.50 bits per heavy atom. The van der Waals surface area contributed by atoms with Gasteiger partial charge >= 0.3 is 0 Å². The molecule has 1 heterocycles. The van der Waals surface area contributed by atoms with Crippen LogP contribution >= 0.6 is 0 Å². The van der Waals surface area contributed by atoms with Gasteiger partial charge in [0.05, 0.1) is 0 Å². The minimum atomic E-state index is -0.660. The predicted octanol–water partition coefficient (Wildman–Crippen LogP) is -0.499. The number of rotatable bonds is 0. The highest BCUT2D eigenvalue weighted by atomic mass is 16.1. The molecule has 1 aromatic rings. The SMILES string of the molecule is NC(=O)C#Cc1ccc(N)nc1. The summed E-state index contributed by atoms with van der Waals surface area (Å²) in [5, 5.41) is 0. The van der Waals surface area contributed by atoms with E-state index in [9.17, 15) is 4.79 Å². The Morgan fingerprint density at radius 2 is 2.25 bits per heavy atom. The lowest BCUT2D eigenvalue weighted by Crippen LogP contribution is -2.06. The minimum Gasteiger partial charge on any atom is -0.384 e. The molecule has 0 unspecified atom stereocenters. The van der Waals surface area contributed by atoms with E-state index in [4.69, 9.17) is 11.5 Å². The molecule has 0 saturated carbocycles. The van der Waals surface area contributed by atoms with Crippen molar-refractivity contribution in [1.29, 1.82) is 0 Å². The Balaban J connectivity index is 2.86. The molecular weight excluding hydrogens is 154 g/mol. The second kappa shape index (κ2) is 3.39. The number of nitrogens with zero attached hydrogens (tertiary/aromatic N) is 1. The van der Waals surface area contributed by atoms with E-state index >= 15 is 0 Å². The van der Waals surface area contributed by atoms with Crippen molar-refractivity contribution < 1.29 is 4.79 Å². The number of anilines is 1. The van der Waals surface area contributed by atoms with Crippen molar-refractivity contribution in [3.8, 4) is 11.8 Å². The summed E-state index contributed by atoms with van der Waals surface area (Å²) in [6.07, 6.45) is 1.48. The van der Waals surface area contributed by atoms with Crippen molar-refractivity contribution >= 4 is 11.7 Å². The zero-order valence-electron chi connectivity index (χ0n) is 6.24. The fourth-order valence-corrected chi connectivity index (χ4v) is 0.613. The topological polar surface area (TPSA) is 82.0 Å². The van der Waals surface area contributed by atoms with Gasteiger partial charge in [0, 0.05) is 17.7 Å². The van der Waals surface area contributed by atoms with Gasteiger partial charge in [-0.05, 0) is 12.1 Å². The number of amides is 1. The molecule has 0 atom stereocenters. The van der Waals surface area contributed by atoms with Crippen LogP contribution in [-0.4, -0.2) is 10.9 Å². The van der Waals surface area contributed by atoms with E-state index in [0.29, 0.717) is 11.4 Å². The number of primary amides is 1. The fourth-order valence-electron chi connectivity index (χ4n) is 0.613. The Morgan fingerprint density at radius 3 is 2.75 bits per heavy atom. The van der Waals surface area contributed by atoms with Crippen LogP contribution in [0, 0.1) is 11.8 Å². The third-order valence-corrected chi connectivity index (χ3v) is 1.12. The highest BCUT2D eigenvalue weighted by Gasteiger charge is 1.87. The fraction of sp³-hybridized carbons (Fsp3) is 0. The van der Waals surface area contributed by atoms with Crippen molar-refractivity contribution in [2.75, 3.05) is 5.73 Å². The Kier molecular flexibility index (Phi) is 2.29. The number of carbonyl (C=O) groups excluding carboxylic acids is 1. The van der Waals surface area contributed by atoms with Crippen molar-refractivity contribution in [1.82, 2.24) is 4.98 Å². The number of hydrogen-bond donors (Lipinski definition) is 2. The molecule has 0 fully saturated rings. The minimum absolute atomic E-state index is 0.416. The van der Waals surface area contributed by atoms with Crippen LogP contribution in [-0.2, 0) is 4.79 Å². The number of aromatic nitrogens is 1. The second-order valence-electron chi connectivity index (χ2n) is 2.09. The predicted molar refractivity (Wildman–Crippen MR) is 44.7 cm³/mol. The van der Waals surface area contributed by atoms with Gasteiger partial charge in [0.2, 0.25) is 0 Å². The molecule has 60 valence electrons. The molecule has 0 aliphatic heterocycles.